The average molecular weight is 183 g/mol. The second-order valence-electron chi connectivity index (χ2n) is 2.96. The van der Waals surface area contributed by atoms with Crippen LogP contribution in [0.1, 0.15) is 25.1 Å². The molecule has 0 bridgehead atoms. The molecule has 0 amide bonds. The number of aliphatic carboxylic acids is 1. The van der Waals surface area contributed by atoms with E-state index in [0.717, 1.165) is 18.7 Å². The lowest BCUT2D eigenvalue weighted by Gasteiger charge is -1.98. The first-order valence-electron chi connectivity index (χ1n) is 4.25. The largest absolute Gasteiger partial charge is 0.481 e. The predicted octanol–water partition coefficient (Wildman–Crippen LogP) is 0.612. The average Bonchev–Trinajstić information content (AvgIpc) is 2.45. The minimum Gasteiger partial charge on any atom is -0.481 e. The normalized spacial score (nSPS) is 10.2. The highest BCUT2D eigenvalue weighted by Gasteiger charge is 2.01. The maximum atomic E-state index is 10.2. The van der Waals surface area contributed by atoms with Gasteiger partial charge in [-0.25, -0.2) is 0 Å². The molecule has 0 fully saturated rings. The van der Waals surface area contributed by atoms with Gasteiger partial charge in [-0.3, -0.25) is 4.79 Å². The molecule has 0 atom stereocenters. The zero-order valence-electron chi connectivity index (χ0n) is 7.60. The number of carboxylic acids is 1. The Labute approximate surface area is 76.4 Å². The highest BCUT2D eigenvalue weighted by Crippen LogP contribution is 2.02. The van der Waals surface area contributed by atoms with Crippen LogP contribution >= 0.6 is 0 Å². The van der Waals surface area contributed by atoms with E-state index in [2.05, 4.69) is 10.2 Å². The van der Waals surface area contributed by atoms with Gasteiger partial charge < -0.3 is 9.67 Å². The van der Waals surface area contributed by atoms with E-state index in [1.165, 1.54) is 0 Å². The number of rotatable bonds is 5. The molecule has 0 saturated carbocycles. The predicted molar refractivity (Wildman–Crippen MR) is 46.2 cm³/mol. The molecule has 0 spiro atoms. The summed E-state index contributed by atoms with van der Waals surface area (Å²) in [6.07, 6.45) is 4.22. The van der Waals surface area contributed by atoms with Crippen LogP contribution < -0.4 is 0 Å². The summed E-state index contributed by atoms with van der Waals surface area (Å²) in [4.78, 5) is 10.2. The maximum Gasteiger partial charge on any atom is 0.303 e. The first-order chi connectivity index (χ1) is 6.20. The molecule has 1 heterocycles. The fraction of sp³-hybridized carbons (Fsp3) is 0.625. The monoisotopic (exact) mass is 183 g/mol. The van der Waals surface area contributed by atoms with Crippen molar-refractivity contribution in [3.8, 4) is 0 Å². The van der Waals surface area contributed by atoms with Gasteiger partial charge in [0.2, 0.25) is 0 Å². The highest BCUT2D eigenvalue weighted by molar-refractivity contribution is 5.66. The summed E-state index contributed by atoms with van der Waals surface area (Å²) in [7, 11) is 1.88. The lowest BCUT2D eigenvalue weighted by Crippen LogP contribution is -1.99. The van der Waals surface area contributed by atoms with Gasteiger partial charge in [-0.15, -0.1) is 10.2 Å². The van der Waals surface area contributed by atoms with E-state index in [4.69, 9.17) is 5.11 Å². The van der Waals surface area contributed by atoms with E-state index in [1.807, 2.05) is 11.6 Å². The van der Waals surface area contributed by atoms with Crippen molar-refractivity contribution in [3.63, 3.8) is 0 Å². The molecule has 0 saturated heterocycles. The van der Waals surface area contributed by atoms with Crippen molar-refractivity contribution >= 4 is 5.97 Å². The molecular formula is C8H13N3O2. The number of carboxylic acid groups (broad SMARTS) is 1. The van der Waals surface area contributed by atoms with E-state index < -0.39 is 5.97 Å². The lowest BCUT2D eigenvalue weighted by molar-refractivity contribution is -0.137. The number of hydrogen-bond donors (Lipinski definition) is 1. The molecule has 1 aromatic rings. The number of aryl methyl sites for hydroxylation is 2. The van der Waals surface area contributed by atoms with Crippen LogP contribution in [0.25, 0.3) is 0 Å². The Bertz CT molecular complexity index is 283. The first-order valence-corrected chi connectivity index (χ1v) is 4.25. The van der Waals surface area contributed by atoms with E-state index >= 15 is 0 Å². The molecule has 13 heavy (non-hydrogen) atoms. The first kappa shape index (κ1) is 9.70. The second kappa shape index (κ2) is 4.59. The van der Waals surface area contributed by atoms with Crippen molar-refractivity contribution in [2.45, 2.75) is 25.7 Å². The number of unbranched alkanes of at least 4 members (excludes halogenated alkanes) is 1. The molecule has 0 unspecified atom stereocenters. The SMILES string of the molecule is Cn1cnnc1CCCCC(=O)O. The molecule has 1 aromatic heterocycles. The molecule has 0 radical (unpaired) electrons. The summed E-state index contributed by atoms with van der Waals surface area (Å²) < 4.78 is 1.85. The van der Waals surface area contributed by atoms with Gasteiger partial charge in [0.15, 0.2) is 0 Å². The van der Waals surface area contributed by atoms with Crippen LogP contribution in [0.15, 0.2) is 6.33 Å². The van der Waals surface area contributed by atoms with Crippen LogP contribution in [0.2, 0.25) is 0 Å². The van der Waals surface area contributed by atoms with Gasteiger partial charge in [-0.1, -0.05) is 0 Å². The second-order valence-corrected chi connectivity index (χ2v) is 2.96. The summed E-state index contributed by atoms with van der Waals surface area (Å²) in [6.45, 7) is 0. The highest BCUT2D eigenvalue weighted by atomic mass is 16.4. The van der Waals surface area contributed by atoms with Crippen LogP contribution in [-0.2, 0) is 18.3 Å². The lowest BCUT2D eigenvalue weighted by atomic mass is 10.2. The fourth-order valence-electron chi connectivity index (χ4n) is 1.09. The number of carbonyl (C=O) groups is 1. The third kappa shape index (κ3) is 3.23. The van der Waals surface area contributed by atoms with Gasteiger partial charge in [0.1, 0.15) is 12.2 Å². The van der Waals surface area contributed by atoms with Crippen molar-refractivity contribution in [1.82, 2.24) is 14.8 Å². The minimum absolute atomic E-state index is 0.234. The van der Waals surface area contributed by atoms with Crippen LogP contribution in [0.5, 0.6) is 0 Å². The quantitative estimate of drug-likeness (QED) is 0.679. The topological polar surface area (TPSA) is 68.0 Å². The summed E-state index contributed by atoms with van der Waals surface area (Å²) in [6, 6.07) is 0. The zero-order chi connectivity index (χ0) is 9.68. The molecule has 5 nitrogen and oxygen atoms in total. The van der Waals surface area contributed by atoms with Crippen molar-refractivity contribution in [3.05, 3.63) is 12.2 Å². The van der Waals surface area contributed by atoms with Crippen molar-refractivity contribution in [1.29, 1.82) is 0 Å². The van der Waals surface area contributed by atoms with Crippen LogP contribution in [0, 0.1) is 0 Å². The van der Waals surface area contributed by atoms with Crippen molar-refractivity contribution in [2.75, 3.05) is 0 Å². The smallest absolute Gasteiger partial charge is 0.303 e. The molecule has 0 aromatic carbocycles. The van der Waals surface area contributed by atoms with E-state index in [-0.39, 0.29) is 6.42 Å². The van der Waals surface area contributed by atoms with E-state index in [0.29, 0.717) is 6.42 Å². The van der Waals surface area contributed by atoms with Gasteiger partial charge >= 0.3 is 5.97 Å². The van der Waals surface area contributed by atoms with Crippen molar-refractivity contribution < 1.29 is 9.90 Å². The third-order valence-electron chi connectivity index (χ3n) is 1.85. The Hall–Kier alpha value is -1.39. The molecule has 1 rings (SSSR count). The molecule has 0 aliphatic carbocycles. The molecule has 5 heteroatoms. The number of aromatic nitrogens is 3. The summed E-state index contributed by atoms with van der Waals surface area (Å²) >= 11 is 0. The van der Waals surface area contributed by atoms with Crippen LogP contribution in [0.3, 0.4) is 0 Å². The van der Waals surface area contributed by atoms with Crippen LogP contribution in [-0.4, -0.2) is 25.8 Å². The standard InChI is InChI=1S/C8H13N3O2/c1-11-6-9-10-7(11)4-2-3-5-8(12)13/h6H,2-5H2,1H3,(H,12,13). The molecular weight excluding hydrogens is 170 g/mol. The number of hydrogen-bond acceptors (Lipinski definition) is 3. The minimum atomic E-state index is -0.738. The Morgan fingerprint density at radius 1 is 1.62 bits per heavy atom. The fourth-order valence-corrected chi connectivity index (χ4v) is 1.09. The maximum absolute atomic E-state index is 10.2. The number of nitrogens with zero attached hydrogens (tertiary/aromatic N) is 3. The Morgan fingerprint density at radius 2 is 2.38 bits per heavy atom. The molecule has 0 aliphatic rings. The Morgan fingerprint density at radius 3 is 2.92 bits per heavy atom. The Balaban J connectivity index is 2.20. The van der Waals surface area contributed by atoms with Crippen molar-refractivity contribution in [2.24, 2.45) is 7.05 Å². The summed E-state index contributed by atoms with van der Waals surface area (Å²) in [5.74, 6) is 0.170. The molecule has 1 N–H and O–H groups in total. The van der Waals surface area contributed by atoms with E-state index in [9.17, 15) is 4.79 Å². The zero-order valence-corrected chi connectivity index (χ0v) is 7.60. The molecule has 0 aliphatic heterocycles. The molecule has 72 valence electrons. The Kier molecular flexibility index (Phi) is 3.42. The third-order valence-corrected chi connectivity index (χ3v) is 1.85. The van der Waals surface area contributed by atoms with Gasteiger partial charge in [0.05, 0.1) is 0 Å². The van der Waals surface area contributed by atoms with Crippen LogP contribution in [0.4, 0.5) is 0 Å². The van der Waals surface area contributed by atoms with Gasteiger partial charge in [-0.2, -0.15) is 0 Å². The van der Waals surface area contributed by atoms with Gasteiger partial charge in [0.25, 0.3) is 0 Å². The summed E-state index contributed by atoms with van der Waals surface area (Å²) in [5, 5.41) is 16.0. The van der Waals surface area contributed by atoms with Gasteiger partial charge in [0, 0.05) is 19.9 Å². The van der Waals surface area contributed by atoms with Gasteiger partial charge in [-0.05, 0) is 12.8 Å². The van der Waals surface area contributed by atoms with E-state index in [1.54, 1.807) is 6.33 Å². The summed E-state index contributed by atoms with van der Waals surface area (Å²) in [5.41, 5.74) is 0.